The Labute approximate surface area is 67.5 Å². The Bertz CT molecular complexity index is 264. The van der Waals surface area contributed by atoms with Crippen molar-refractivity contribution >= 4 is 9.84 Å². The molecule has 3 heteroatoms. The van der Waals surface area contributed by atoms with E-state index in [1.807, 2.05) is 0 Å². The molecule has 2 atom stereocenters. The van der Waals surface area contributed by atoms with E-state index in [1.54, 1.807) is 6.08 Å². The monoisotopic (exact) mass is 172 g/mol. The molecule has 0 saturated carbocycles. The maximum absolute atomic E-state index is 11.2. The zero-order valence-electron chi connectivity index (χ0n) is 6.36. The molecule has 0 bridgehead atoms. The second-order valence-corrected chi connectivity index (χ2v) is 5.03. The van der Waals surface area contributed by atoms with Gasteiger partial charge in [-0.05, 0) is 12.3 Å². The van der Waals surface area contributed by atoms with Crippen LogP contribution in [0.5, 0.6) is 0 Å². The average molecular weight is 172 g/mol. The van der Waals surface area contributed by atoms with Gasteiger partial charge in [0.05, 0.1) is 11.0 Å². The molecule has 1 rings (SSSR count). The van der Waals surface area contributed by atoms with Gasteiger partial charge < -0.3 is 0 Å². The van der Waals surface area contributed by atoms with Gasteiger partial charge in [0.15, 0.2) is 9.84 Å². The van der Waals surface area contributed by atoms with Crippen LogP contribution in [0, 0.1) is 5.92 Å². The molecule has 0 N–H and O–H groups in total. The fourth-order valence-corrected chi connectivity index (χ4v) is 3.39. The van der Waals surface area contributed by atoms with E-state index in [1.165, 1.54) is 6.08 Å². The molecule has 0 amide bonds. The van der Waals surface area contributed by atoms with Crippen molar-refractivity contribution in [3.05, 3.63) is 25.3 Å². The highest BCUT2D eigenvalue weighted by Crippen LogP contribution is 2.28. The molecule has 0 aromatic rings. The minimum absolute atomic E-state index is 0.0810. The molecule has 0 spiro atoms. The van der Waals surface area contributed by atoms with Gasteiger partial charge in [-0.25, -0.2) is 8.42 Å². The van der Waals surface area contributed by atoms with Gasteiger partial charge in [-0.2, -0.15) is 0 Å². The van der Waals surface area contributed by atoms with Crippen molar-refractivity contribution in [2.45, 2.75) is 11.7 Å². The van der Waals surface area contributed by atoms with E-state index in [2.05, 4.69) is 13.2 Å². The van der Waals surface area contributed by atoms with Crippen LogP contribution in [-0.2, 0) is 9.84 Å². The SMILES string of the molecule is C=CC1CCS(=O)(=O)C1C=C. The lowest BCUT2D eigenvalue weighted by atomic mass is 10.0. The van der Waals surface area contributed by atoms with Crippen LogP contribution >= 0.6 is 0 Å². The van der Waals surface area contributed by atoms with Crippen molar-refractivity contribution < 1.29 is 8.42 Å². The molecule has 1 fully saturated rings. The Morgan fingerprint density at radius 1 is 1.27 bits per heavy atom. The molecule has 62 valence electrons. The molecule has 11 heavy (non-hydrogen) atoms. The fourth-order valence-electron chi connectivity index (χ4n) is 1.44. The Morgan fingerprint density at radius 2 is 1.91 bits per heavy atom. The molecule has 1 aliphatic rings. The van der Waals surface area contributed by atoms with Crippen molar-refractivity contribution in [2.24, 2.45) is 5.92 Å². The van der Waals surface area contributed by atoms with E-state index in [-0.39, 0.29) is 16.9 Å². The average Bonchev–Trinajstić information content (AvgIpc) is 2.24. The summed E-state index contributed by atoms with van der Waals surface area (Å²) in [5.74, 6) is 0.359. The van der Waals surface area contributed by atoms with Crippen molar-refractivity contribution in [2.75, 3.05) is 5.75 Å². The number of allylic oxidation sites excluding steroid dienone is 1. The standard InChI is InChI=1S/C8H12O2S/c1-3-7-5-6-11(9,10)8(7)4-2/h3-4,7-8H,1-2,5-6H2. The second-order valence-electron chi connectivity index (χ2n) is 2.76. The first kappa shape index (κ1) is 8.53. The Balaban J connectivity index is 2.96. The Morgan fingerprint density at radius 3 is 2.27 bits per heavy atom. The number of sulfone groups is 1. The summed E-state index contributed by atoms with van der Waals surface area (Å²) >= 11 is 0. The molecular weight excluding hydrogens is 160 g/mol. The van der Waals surface area contributed by atoms with Crippen LogP contribution in [0.2, 0.25) is 0 Å². The highest BCUT2D eigenvalue weighted by molar-refractivity contribution is 7.92. The summed E-state index contributed by atoms with van der Waals surface area (Å²) in [5, 5.41) is -0.389. The second kappa shape index (κ2) is 2.81. The van der Waals surface area contributed by atoms with Gasteiger partial charge in [0.1, 0.15) is 0 Å². The lowest BCUT2D eigenvalue weighted by Gasteiger charge is -2.08. The van der Waals surface area contributed by atoms with Gasteiger partial charge in [-0.1, -0.05) is 12.2 Å². The highest BCUT2D eigenvalue weighted by Gasteiger charge is 2.35. The van der Waals surface area contributed by atoms with Crippen LogP contribution in [-0.4, -0.2) is 19.4 Å². The van der Waals surface area contributed by atoms with Gasteiger partial charge in [0.2, 0.25) is 0 Å². The third-order valence-corrected chi connectivity index (χ3v) is 4.28. The summed E-state index contributed by atoms with van der Waals surface area (Å²) in [7, 11) is -2.89. The van der Waals surface area contributed by atoms with E-state index in [9.17, 15) is 8.42 Å². The largest absolute Gasteiger partial charge is 0.228 e. The predicted molar refractivity (Wildman–Crippen MR) is 46.1 cm³/mol. The summed E-state index contributed by atoms with van der Waals surface area (Å²) in [6.07, 6.45) is 3.91. The third kappa shape index (κ3) is 1.38. The predicted octanol–water partition coefficient (Wildman–Crippen LogP) is 1.16. The third-order valence-electron chi connectivity index (χ3n) is 2.11. The normalized spacial score (nSPS) is 34.9. The smallest absolute Gasteiger partial charge is 0.157 e. The fraction of sp³-hybridized carbons (Fsp3) is 0.500. The molecule has 1 aliphatic heterocycles. The van der Waals surface area contributed by atoms with Crippen LogP contribution in [0.25, 0.3) is 0 Å². The van der Waals surface area contributed by atoms with E-state index in [0.717, 1.165) is 0 Å². The van der Waals surface area contributed by atoms with Gasteiger partial charge >= 0.3 is 0 Å². The van der Waals surface area contributed by atoms with Gasteiger partial charge in [0, 0.05) is 0 Å². The first-order chi connectivity index (χ1) is 5.11. The minimum Gasteiger partial charge on any atom is -0.228 e. The maximum Gasteiger partial charge on any atom is 0.157 e. The number of hydrogen-bond donors (Lipinski definition) is 0. The summed E-state index contributed by atoms with van der Waals surface area (Å²) in [4.78, 5) is 0. The van der Waals surface area contributed by atoms with E-state index < -0.39 is 9.84 Å². The summed E-state index contributed by atoms with van der Waals surface area (Å²) in [6.45, 7) is 7.10. The molecule has 1 heterocycles. The minimum atomic E-state index is -2.89. The molecule has 0 aliphatic carbocycles. The number of hydrogen-bond acceptors (Lipinski definition) is 2. The van der Waals surface area contributed by atoms with E-state index >= 15 is 0 Å². The summed E-state index contributed by atoms with van der Waals surface area (Å²) in [6, 6.07) is 0. The first-order valence-corrected chi connectivity index (χ1v) is 5.30. The van der Waals surface area contributed by atoms with Crippen LogP contribution in [0.4, 0.5) is 0 Å². The molecule has 0 aromatic heterocycles. The summed E-state index contributed by atoms with van der Waals surface area (Å²) in [5.41, 5.74) is 0. The lowest BCUT2D eigenvalue weighted by molar-refractivity contribution is 0.592. The van der Waals surface area contributed by atoms with Crippen molar-refractivity contribution in [3.8, 4) is 0 Å². The van der Waals surface area contributed by atoms with Crippen LogP contribution in [0.3, 0.4) is 0 Å². The maximum atomic E-state index is 11.2. The van der Waals surface area contributed by atoms with E-state index in [4.69, 9.17) is 0 Å². The highest BCUT2D eigenvalue weighted by atomic mass is 32.2. The molecule has 2 unspecified atom stereocenters. The van der Waals surface area contributed by atoms with Crippen LogP contribution in [0.15, 0.2) is 25.3 Å². The zero-order chi connectivity index (χ0) is 8.48. The van der Waals surface area contributed by atoms with E-state index in [0.29, 0.717) is 6.42 Å². The van der Waals surface area contributed by atoms with Gasteiger partial charge in [-0.15, -0.1) is 13.2 Å². The van der Waals surface area contributed by atoms with Gasteiger partial charge in [0.25, 0.3) is 0 Å². The lowest BCUT2D eigenvalue weighted by Crippen LogP contribution is -2.17. The first-order valence-electron chi connectivity index (χ1n) is 3.58. The zero-order valence-corrected chi connectivity index (χ0v) is 7.18. The Hall–Kier alpha value is -0.570. The number of rotatable bonds is 2. The van der Waals surface area contributed by atoms with Crippen molar-refractivity contribution in [3.63, 3.8) is 0 Å². The molecule has 1 saturated heterocycles. The van der Waals surface area contributed by atoms with Crippen LogP contribution < -0.4 is 0 Å². The molecule has 0 radical (unpaired) electrons. The molecule has 2 nitrogen and oxygen atoms in total. The molecule has 0 aromatic carbocycles. The van der Waals surface area contributed by atoms with Crippen LogP contribution in [0.1, 0.15) is 6.42 Å². The van der Waals surface area contributed by atoms with Crippen molar-refractivity contribution in [1.82, 2.24) is 0 Å². The topological polar surface area (TPSA) is 34.1 Å². The van der Waals surface area contributed by atoms with Gasteiger partial charge in [-0.3, -0.25) is 0 Å². The molecular formula is C8H12O2S. The summed E-state index contributed by atoms with van der Waals surface area (Å²) < 4.78 is 22.5. The quantitative estimate of drug-likeness (QED) is 0.586. The Kier molecular flexibility index (Phi) is 2.18. The van der Waals surface area contributed by atoms with Crippen molar-refractivity contribution in [1.29, 1.82) is 0 Å².